The Labute approximate surface area is 149 Å². The molecule has 1 fully saturated rings. The molecular formula is C18H27ClN2O3. The number of carbonyl (C=O) groups is 2. The Morgan fingerprint density at radius 3 is 2.62 bits per heavy atom. The standard InChI is InChI=1S/C18H26N2O3.ClH/c1-3-13(2)16(19)17(21)20-11-7-10-15(20)18(22)23-12-14-8-5-4-6-9-14;/h4-6,8-9,13,15-16H,3,7,10-12,19H2,1-2H3;1H/t13?,15-,16?;/m0./s1. The van der Waals surface area contributed by atoms with E-state index in [-0.39, 0.29) is 36.8 Å². The van der Waals surface area contributed by atoms with Crippen molar-refractivity contribution in [2.75, 3.05) is 6.54 Å². The molecule has 6 heteroatoms. The predicted octanol–water partition coefficient (Wildman–Crippen LogP) is 2.52. The summed E-state index contributed by atoms with van der Waals surface area (Å²) >= 11 is 0. The van der Waals surface area contributed by atoms with Crippen LogP contribution in [0.25, 0.3) is 0 Å². The lowest BCUT2D eigenvalue weighted by Crippen LogP contribution is -2.51. The van der Waals surface area contributed by atoms with Crippen molar-refractivity contribution in [1.29, 1.82) is 0 Å². The highest BCUT2D eigenvalue weighted by atomic mass is 35.5. The molecule has 1 aromatic rings. The van der Waals surface area contributed by atoms with Crippen LogP contribution in [0.2, 0.25) is 0 Å². The van der Waals surface area contributed by atoms with Gasteiger partial charge in [0.15, 0.2) is 0 Å². The summed E-state index contributed by atoms with van der Waals surface area (Å²) in [6.45, 7) is 4.78. The fraction of sp³-hybridized carbons (Fsp3) is 0.556. The summed E-state index contributed by atoms with van der Waals surface area (Å²) in [6, 6.07) is 8.48. The third-order valence-electron chi connectivity index (χ3n) is 4.57. The molecule has 0 radical (unpaired) electrons. The van der Waals surface area contributed by atoms with Crippen LogP contribution in [-0.4, -0.2) is 35.4 Å². The molecule has 1 amide bonds. The molecule has 2 rings (SSSR count). The summed E-state index contributed by atoms with van der Waals surface area (Å²) < 4.78 is 5.39. The molecule has 0 saturated carbocycles. The van der Waals surface area contributed by atoms with Gasteiger partial charge in [0.2, 0.25) is 5.91 Å². The van der Waals surface area contributed by atoms with Gasteiger partial charge in [-0.3, -0.25) is 4.79 Å². The quantitative estimate of drug-likeness (QED) is 0.797. The molecule has 1 aliphatic heterocycles. The molecule has 5 nitrogen and oxygen atoms in total. The summed E-state index contributed by atoms with van der Waals surface area (Å²) in [6.07, 6.45) is 2.29. The van der Waals surface area contributed by atoms with Crippen molar-refractivity contribution in [2.24, 2.45) is 11.7 Å². The number of ether oxygens (including phenoxy) is 1. The van der Waals surface area contributed by atoms with Gasteiger partial charge in [-0.15, -0.1) is 12.4 Å². The Kier molecular flexibility index (Phi) is 8.22. The van der Waals surface area contributed by atoms with Gasteiger partial charge in [0.05, 0.1) is 6.04 Å². The Balaban J connectivity index is 0.00000288. The molecule has 0 aromatic heterocycles. The molecule has 1 saturated heterocycles. The number of esters is 1. The zero-order valence-electron chi connectivity index (χ0n) is 14.3. The van der Waals surface area contributed by atoms with Crippen LogP contribution in [0.1, 0.15) is 38.7 Å². The third kappa shape index (κ3) is 4.95. The molecule has 1 aliphatic rings. The van der Waals surface area contributed by atoms with E-state index in [2.05, 4.69) is 0 Å². The number of halogens is 1. The molecule has 1 heterocycles. The Bertz CT molecular complexity index is 538. The van der Waals surface area contributed by atoms with Gasteiger partial charge in [0.1, 0.15) is 12.6 Å². The van der Waals surface area contributed by atoms with Gasteiger partial charge in [-0.25, -0.2) is 4.79 Å². The Morgan fingerprint density at radius 2 is 2.00 bits per heavy atom. The first kappa shape index (κ1) is 20.5. The fourth-order valence-electron chi connectivity index (χ4n) is 2.79. The van der Waals surface area contributed by atoms with Crippen LogP contribution in [0.4, 0.5) is 0 Å². The number of hydrogen-bond donors (Lipinski definition) is 1. The summed E-state index contributed by atoms with van der Waals surface area (Å²) in [5, 5.41) is 0. The van der Waals surface area contributed by atoms with E-state index in [1.807, 2.05) is 44.2 Å². The van der Waals surface area contributed by atoms with Gasteiger partial charge < -0.3 is 15.4 Å². The van der Waals surface area contributed by atoms with E-state index in [0.717, 1.165) is 18.4 Å². The summed E-state index contributed by atoms with van der Waals surface area (Å²) in [7, 11) is 0. The molecule has 0 aliphatic carbocycles. The average molecular weight is 355 g/mol. The first-order valence-electron chi connectivity index (χ1n) is 8.31. The van der Waals surface area contributed by atoms with Crippen LogP contribution in [-0.2, 0) is 20.9 Å². The van der Waals surface area contributed by atoms with E-state index in [9.17, 15) is 9.59 Å². The maximum Gasteiger partial charge on any atom is 0.329 e. The first-order chi connectivity index (χ1) is 11.0. The van der Waals surface area contributed by atoms with Gasteiger partial charge in [0.25, 0.3) is 0 Å². The predicted molar refractivity (Wildman–Crippen MR) is 95.7 cm³/mol. The minimum absolute atomic E-state index is 0. The van der Waals surface area contributed by atoms with Gasteiger partial charge >= 0.3 is 5.97 Å². The minimum Gasteiger partial charge on any atom is -0.459 e. The van der Waals surface area contributed by atoms with Gasteiger partial charge in [0, 0.05) is 6.54 Å². The average Bonchev–Trinajstić information content (AvgIpc) is 3.08. The number of nitrogens with zero attached hydrogens (tertiary/aromatic N) is 1. The maximum atomic E-state index is 12.5. The van der Waals surface area contributed by atoms with Crippen molar-refractivity contribution >= 4 is 24.3 Å². The minimum atomic E-state index is -0.553. The monoisotopic (exact) mass is 354 g/mol. The zero-order chi connectivity index (χ0) is 16.8. The van der Waals surface area contributed by atoms with Crippen LogP contribution in [0, 0.1) is 5.92 Å². The van der Waals surface area contributed by atoms with E-state index in [0.29, 0.717) is 13.0 Å². The number of benzene rings is 1. The maximum absolute atomic E-state index is 12.5. The van der Waals surface area contributed by atoms with Crippen LogP contribution in [0.5, 0.6) is 0 Å². The van der Waals surface area contributed by atoms with Crippen molar-refractivity contribution < 1.29 is 14.3 Å². The van der Waals surface area contributed by atoms with E-state index < -0.39 is 12.1 Å². The molecule has 0 spiro atoms. The third-order valence-corrected chi connectivity index (χ3v) is 4.57. The van der Waals surface area contributed by atoms with Gasteiger partial charge in [-0.2, -0.15) is 0 Å². The molecule has 0 bridgehead atoms. The second-order valence-electron chi connectivity index (χ2n) is 6.19. The highest BCUT2D eigenvalue weighted by Crippen LogP contribution is 2.21. The van der Waals surface area contributed by atoms with E-state index >= 15 is 0 Å². The SMILES string of the molecule is CCC(C)C(N)C(=O)N1CCC[C@H]1C(=O)OCc1ccccc1.Cl. The number of likely N-dealkylation sites (tertiary alicyclic amines) is 1. The van der Waals surface area contributed by atoms with E-state index in [4.69, 9.17) is 10.5 Å². The highest BCUT2D eigenvalue weighted by Gasteiger charge is 2.38. The van der Waals surface area contributed by atoms with Crippen molar-refractivity contribution in [3.63, 3.8) is 0 Å². The number of carbonyl (C=O) groups excluding carboxylic acids is 2. The second kappa shape index (κ2) is 9.64. The first-order valence-corrected chi connectivity index (χ1v) is 8.31. The van der Waals surface area contributed by atoms with Crippen LogP contribution < -0.4 is 5.73 Å². The number of hydrogen-bond acceptors (Lipinski definition) is 4. The lowest BCUT2D eigenvalue weighted by Gasteiger charge is -2.28. The smallest absolute Gasteiger partial charge is 0.329 e. The molecule has 1 aromatic carbocycles. The van der Waals surface area contributed by atoms with Crippen molar-refractivity contribution in [2.45, 2.75) is 51.8 Å². The largest absolute Gasteiger partial charge is 0.459 e. The van der Waals surface area contributed by atoms with Crippen LogP contribution in [0.3, 0.4) is 0 Å². The zero-order valence-corrected chi connectivity index (χ0v) is 15.1. The van der Waals surface area contributed by atoms with E-state index in [1.165, 1.54) is 0 Å². The number of rotatable bonds is 6. The topological polar surface area (TPSA) is 72.6 Å². The lowest BCUT2D eigenvalue weighted by atomic mass is 9.98. The molecule has 2 N–H and O–H groups in total. The van der Waals surface area contributed by atoms with Gasteiger partial charge in [-0.05, 0) is 24.3 Å². The van der Waals surface area contributed by atoms with Crippen molar-refractivity contribution in [3.8, 4) is 0 Å². The van der Waals surface area contributed by atoms with Crippen molar-refractivity contribution in [3.05, 3.63) is 35.9 Å². The van der Waals surface area contributed by atoms with Crippen LogP contribution in [0.15, 0.2) is 30.3 Å². The van der Waals surface area contributed by atoms with Crippen LogP contribution >= 0.6 is 12.4 Å². The normalized spacial score (nSPS) is 19.3. The second-order valence-corrected chi connectivity index (χ2v) is 6.19. The molecule has 24 heavy (non-hydrogen) atoms. The van der Waals surface area contributed by atoms with E-state index in [1.54, 1.807) is 4.90 Å². The number of nitrogens with two attached hydrogens (primary N) is 1. The number of amides is 1. The summed E-state index contributed by atoms with van der Waals surface area (Å²) in [5.74, 6) is -0.376. The molecule has 134 valence electrons. The summed E-state index contributed by atoms with van der Waals surface area (Å²) in [5.41, 5.74) is 6.97. The molecule has 3 atom stereocenters. The van der Waals surface area contributed by atoms with Gasteiger partial charge in [-0.1, -0.05) is 50.6 Å². The fourth-order valence-corrected chi connectivity index (χ4v) is 2.79. The molecular weight excluding hydrogens is 328 g/mol. The lowest BCUT2D eigenvalue weighted by molar-refractivity contribution is -0.155. The Hall–Kier alpha value is -1.59. The van der Waals surface area contributed by atoms with Crippen molar-refractivity contribution in [1.82, 2.24) is 4.90 Å². The Morgan fingerprint density at radius 1 is 1.33 bits per heavy atom. The summed E-state index contributed by atoms with van der Waals surface area (Å²) in [4.78, 5) is 26.5. The highest BCUT2D eigenvalue weighted by molar-refractivity contribution is 5.88. The molecule has 2 unspecified atom stereocenters.